The third-order valence-electron chi connectivity index (χ3n) is 4.62. The van der Waals surface area contributed by atoms with E-state index in [4.69, 9.17) is 9.88 Å². The molecule has 0 radical (unpaired) electrons. The maximum absolute atomic E-state index is 12.2. The van der Waals surface area contributed by atoms with Crippen molar-refractivity contribution >= 4 is 32.6 Å². The summed E-state index contributed by atoms with van der Waals surface area (Å²) >= 11 is 0. The molecule has 1 heterocycles. The monoisotopic (exact) mass is 416 g/mol. The number of anilines is 2. The molecule has 0 fully saturated rings. The molecule has 8 nitrogen and oxygen atoms in total. The van der Waals surface area contributed by atoms with Gasteiger partial charge in [-0.15, -0.1) is 0 Å². The van der Waals surface area contributed by atoms with Crippen molar-refractivity contribution in [3.63, 3.8) is 0 Å². The van der Waals surface area contributed by atoms with E-state index >= 15 is 0 Å². The van der Waals surface area contributed by atoms with Gasteiger partial charge in [-0.1, -0.05) is 25.1 Å². The molecule has 9 heteroatoms. The fourth-order valence-corrected chi connectivity index (χ4v) is 4.12. The molecule has 1 unspecified atom stereocenters. The molecule has 4 N–H and O–H groups in total. The summed E-state index contributed by atoms with van der Waals surface area (Å²) in [7, 11) is -2.34. The predicted molar refractivity (Wildman–Crippen MR) is 113 cm³/mol. The highest BCUT2D eigenvalue weighted by Gasteiger charge is 2.28. The molecule has 154 valence electrons. The molecule has 0 bridgehead atoms. The van der Waals surface area contributed by atoms with Crippen molar-refractivity contribution in [1.29, 1.82) is 0 Å². The molecule has 0 aliphatic heterocycles. The van der Waals surface area contributed by atoms with Gasteiger partial charge in [0.2, 0.25) is 10.0 Å². The van der Waals surface area contributed by atoms with Crippen LogP contribution in [0.25, 0.3) is 11.0 Å². The number of rotatable bonds is 8. The summed E-state index contributed by atoms with van der Waals surface area (Å²) in [6.45, 7) is 1.70. The number of hydrogen-bond donors (Lipinski definition) is 3. The molecule has 29 heavy (non-hydrogen) atoms. The number of aromatic nitrogens is 2. The number of ether oxygens (including phenoxy) is 1. The number of methoxy groups -OCH3 is 1. The van der Waals surface area contributed by atoms with Gasteiger partial charge >= 0.3 is 0 Å². The van der Waals surface area contributed by atoms with Crippen molar-refractivity contribution < 1.29 is 18.3 Å². The van der Waals surface area contributed by atoms with Crippen LogP contribution in [0.1, 0.15) is 29.9 Å². The van der Waals surface area contributed by atoms with E-state index in [1.54, 1.807) is 38.3 Å². The lowest BCUT2D eigenvalue weighted by Gasteiger charge is -2.19. The molecular weight excluding hydrogens is 392 g/mol. The van der Waals surface area contributed by atoms with E-state index < -0.39 is 15.3 Å². The van der Waals surface area contributed by atoms with Crippen LogP contribution >= 0.6 is 0 Å². The standard InChI is InChI=1S/C20H24N4O4S/c1-3-18(29(21,26)27)19-20(23-16-7-5-4-6-15(16)22-19)24-17-12-14(28-2)9-8-13(17)10-11-25/h4-9,12,18,25H,3,10-11H2,1-2H3,(H,23,24)(H2,21,26,27). The summed E-state index contributed by atoms with van der Waals surface area (Å²) in [5.74, 6) is 0.917. The molecular formula is C20H24N4O4S. The number of primary sulfonamides is 1. The maximum Gasteiger partial charge on any atom is 0.217 e. The fourth-order valence-electron chi connectivity index (χ4n) is 3.18. The number of para-hydroxylation sites is 2. The first-order valence-corrected chi connectivity index (χ1v) is 10.8. The summed E-state index contributed by atoms with van der Waals surface area (Å²) in [6.07, 6.45) is 0.664. The Balaban J connectivity index is 2.19. The first kappa shape index (κ1) is 21.0. The Morgan fingerprint density at radius 2 is 1.86 bits per heavy atom. The lowest BCUT2D eigenvalue weighted by atomic mass is 10.1. The Morgan fingerprint density at radius 1 is 1.17 bits per heavy atom. The lowest BCUT2D eigenvalue weighted by molar-refractivity contribution is 0.299. The van der Waals surface area contributed by atoms with Gasteiger partial charge in [-0.3, -0.25) is 0 Å². The molecule has 0 spiro atoms. The van der Waals surface area contributed by atoms with Crippen LogP contribution in [-0.4, -0.2) is 37.2 Å². The van der Waals surface area contributed by atoms with Gasteiger partial charge < -0.3 is 15.2 Å². The van der Waals surface area contributed by atoms with Crippen LogP contribution in [0.2, 0.25) is 0 Å². The summed E-state index contributed by atoms with van der Waals surface area (Å²) in [6, 6.07) is 12.6. The van der Waals surface area contributed by atoms with Crippen LogP contribution in [0, 0.1) is 0 Å². The Labute approximate surface area is 169 Å². The van der Waals surface area contributed by atoms with E-state index in [-0.39, 0.29) is 18.7 Å². The minimum absolute atomic E-state index is 0.0357. The Hall–Kier alpha value is -2.75. The predicted octanol–water partition coefficient (Wildman–Crippen LogP) is 2.66. The van der Waals surface area contributed by atoms with Crippen LogP contribution in [0.3, 0.4) is 0 Å². The van der Waals surface area contributed by atoms with E-state index in [2.05, 4.69) is 15.3 Å². The second-order valence-corrected chi connectivity index (χ2v) is 8.30. The second kappa shape index (κ2) is 8.73. The van der Waals surface area contributed by atoms with E-state index in [0.29, 0.717) is 34.7 Å². The highest BCUT2D eigenvalue weighted by Crippen LogP contribution is 2.33. The number of fused-ring (bicyclic) bond motifs is 1. The van der Waals surface area contributed by atoms with E-state index in [1.807, 2.05) is 18.2 Å². The number of aliphatic hydroxyl groups excluding tert-OH is 1. The molecule has 0 saturated carbocycles. The van der Waals surface area contributed by atoms with Gasteiger partial charge in [0.15, 0.2) is 5.82 Å². The Kier molecular flexibility index (Phi) is 6.31. The normalized spacial score (nSPS) is 12.7. The van der Waals surface area contributed by atoms with Gasteiger partial charge in [0, 0.05) is 18.4 Å². The molecule has 1 aromatic heterocycles. The van der Waals surface area contributed by atoms with Gasteiger partial charge in [0.1, 0.15) is 16.7 Å². The number of nitrogens with one attached hydrogen (secondary N) is 1. The quantitative estimate of drug-likeness (QED) is 0.515. The molecule has 2 aromatic carbocycles. The lowest BCUT2D eigenvalue weighted by Crippen LogP contribution is -2.23. The van der Waals surface area contributed by atoms with E-state index in [0.717, 1.165) is 5.56 Å². The van der Waals surface area contributed by atoms with Crippen LogP contribution in [0.15, 0.2) is 42.5 Å². The summed E-state index contributed by atoms with van der Waals surface area (Å²) < 4.78 is 29.7. The fraction of sp³-hybridized carbons (Fsp3) is 0.300. The van der Waals surface area contributed by atoms with Crippen LogP contribution < -0.4 is 15.2 Å². The molecule has 3 aromatic rings. The number of sulfonamides is 1. The second-order valence-electron chi connectivity index (χ2n) is 6.55. The van der Waals surface area contributed by atoms with Crippen LogP contribution in [0.4, 0.5) is 11.5 Å². The zero-order valence-electron chi connectivity index (χ0n) is 16.3. The average Bonchev–Trinajstić information content (AvgIpc) is 2.69. The number of hydrogen-bond acceptors (Lipinski definition) is 7. The third kappa shape index (κ3) is 4.64. The largest absolute Gasteiger partial charge is 0.497 e. The molecule has 3 rings (SSSR count). The van der Waals surface area contributed by atoms with Gasteiger partial charge in [-0.25, -0.2) is 23.5 Å². The topological polar surface area (TPSA) is 127 Å². The van der Waals surface area contributed by atoms with Gasteiger partial charge in [0.25, 0.3) is 0 Å². The highest BCUT2D eigenvalue weighted by atomic mass is 32.2. The Bertz CT molecular complexity index is 1120. The van der Waals surface area contributed by atoms with Crippen molar-refractivity contribution in [3.05, 3.63) is 53.7 Å². The zero-order valence-corrected chi connectivity index (χ0v) is 17.1. The van der Waals surface area contributed by atoms with Gasteiger partial charge in [-0.2, -0.15) is 0 Å². The van der Waals surface area contributed by atoms with Crippen LogP contribution in [0.5, 0.6) is 5.75 Å². The van der Waals surface area contributed by atoms with Crippen LogP contribution in [-0.2, 0) is 16.4 Å². The number of aliphatic hydroxyl groups is 1. The minimum Gasteiger partial charge on any atom is -0.497 e. The molecule has 0 amide bonds. The number of nitrogens with two attached hydrogens (primary N) is 1. The minimum atomic E-state index is -3.89. The molecule has 0 aliphatic rings. The van der Waals surface area contributed by atoms with E-state index in [9.17, 15) is 13.5 Å². The maximum atomic E-state index is 12.2. The molecule has 0 aliphatic carbocycles. The number of nitrogens with zero attached hydrogens (tertiary/aromatic N) is 2. The molecule has 0 saturated heterocycles. The Morgan fingerprint density at radius 3 is 2.45 bits per heavy atom. The van der Waals surface area contributed by atoms with Crippen molar-refractivity contribution in [2.24, 2.45) is 5.14 Å². The highest BCUT2D eigenvalue weighted by molar-refractivity contribution is 7.89. The SMILES string of the molecule is CCC(c1nc2ccccc2nc1Nc1cc(OC)ccc1CCO)S(N)(=O)=O. The summed E-state index contributed by atoms with van der Waals surface area (Å²) in [4.78, 5) is 9.18. The van der Waals surface area contributed by atoms with Crippen molar-refractivity contribution in [2.75, 3.05) is 19.0 Å². The number of benzene rings is 2. The first-order chi connectivity index (χ1) is 13.9. The molecule has 1 atom stereocenters. The van der Waals surface area contributed by atoms with E-state index in [1.165, 1.54) is 0 Å². The van der Waals surface area contributed by atoms with Gasteiger partial charge in [-0.05, 0) is 36.6 Å². The summed E-state index contributed by atoms with van der Waals surface area (Å²) in [5, 5.41) is 17.0. The van der Waals surface area contributed by atoms with Crippen molar-refractivity contribution in [1.82, 2.24) is 9.97 Å². The average molecular weight is 417 g/mol. The third-order valence-corrected chi connectivity index (χ3v) is 5.97. The first-order valence-electron chi connectivity index (χ1n) is 9.20. The zero-order chi connectivity index (χ0) is 21.0. The smallest absolute Gasteiger partial charge is 0.217 e. The van der Waals surface area contributed by atoms with Crippen molar-refractivity contribution in [2.45, 2.75) is 25.0 Å². The van der Waals surface area contributed by atoms with Gasteiger partial charge in [0.05, 0.1) is 18.1 Å². The summed E-state index contributed by atoms with van der Waals surface area (Å²) in [5.41, 5.74) is 2.93. The van der Waals surface area contributed by atoms with Crippen molar-refractivity contribution in [3.8, 4) is 5.75 Å².